The van der Waals surface area contributed by atoms with Crippen LogP contribution in [0.3, 0.4) is 0 Å². The van der Waals surface area contributed by atoms with Gasteiger partial charge in [-0.05, 0) is 74.5 Å². The third-order valence-corrected chi connectivity index (χ3v) is 4.03. The van der Waals surface area contributed by atoms with Crippen molar-refractivity contribution in [3.8, 4) is 11.4 Å². The van der Waals surface area contributed by atoms with E-state index in [-0.39, 0.29) is 5.82 Å². The Morgan fingerprint density at radius 2 is 1.88 bits per heavy atom. The number of nitrogens with one attached hydrogen (secondary N) is 1. The van der Waals surface area contributed by atoms with Crippen molar-refractivity contribution in [2.75, 3.05) is 19.7 Å². The molecule has 126 valence electrons. The lowest BCUT2D eigenvalue weighted by Gasteiger charge is -2.08. The second-order valence-electron chi connectivity index (χ2n) is 5.79. The molecule has 0 amide bonds. The largest absolute Gasteiger partial charge is 0.494 e. The normalized spacial score (nSPS) is 11.1. The second-order valence-corrected chi connectivity index (χ2v) is 5.79. The highest BCUT2D eigenvalue weighted by Gasteiger charge is 2.05. The number of ether oxygens (including phenoxy) is 1. The Kier molecular flexibility index (Phi) is 5.49. The van der Waals surface area contributed by atoms with Crippen molar-refractivity contribution in [1.29, 1.82) is 0 Å². The fraction of sp³-hybridized carbons (Fsp3) is 0.300. The van der Waals surface area contributed by atoms with E-state index in [1.165, 1.54) is 12.1 Å². The molecule has 2 aromatic carbocycles. The number of hydrogen-bond donors (Lipinski definition) is 1. The molecule has 0 bridgehead atoms. The lowest BCUT2D eigenvalue weighted by Crippen LogP contribution is -2.14. The van der Waals surface area contributed by atoms with Gasteiger partial charge in [0.1, 0.15) is 11.6 Å². The van der Waals surface area contributed by atoms with Crippen molar-refractivity contribution < 1.29 is 9.13 Å². The molecular weight excluding hydrogens is 303 g/mol. The topological polar surface area (TPSA) is 26.2 Å². The molecule has 4 heteroatoms. The fourth-order valence-corrected chi connectivity index (χ4v) is 2.76. The molecule has 0 fully saturated rings. The molecule has 3 rings (SSSR count). The zero-order valence-electron chi connectivity index (χ0n) is 14.0. The summed E-state index contributed by atoms with van der Waals surface area (Å²) < 4.78 is 21.0. The predicted octanol–water partition coefficient (Wildman–Crippen LogP) is 4.54. The first-order valence-electron chi connectivity index (χ1n) is 8.48. The number of rotatable bonds is 8. The van der Waals surface area contributed by atoms with Gasteiger partial charge < -0.3 is 14.6 Å². The second kappa shape index (κ2) is 7.97. The maximum Gasteiger partial charge on any atom is 0.123 e. The van der Waals surface area contributed by atoms with Crippen molar-refractivity contribution in [1.82, 2.24) is 9.88 Å². The summed E-state index contributed by atoms with van der Waals surface area (Å²) in [5.41, 5.74) is 2.03. The number of nitrogens with zero attached hydrogens (tertiary/aromatic N) is 1. The molecule has 0 spiro atoms. The number of fused-ring (bicyclic) bond motifs is 1. The van der Waals surface area contributed by atoms with Crippen molar-refractivity contribution >= 4 is 10.9 Å². The van der Waals surface area contributed by atoms with E-state index < -0.39 is 0 Å². The first-order valence-corrected chi connectivity index (χ1v) is 8.48. The highest BCUT2D eigenvalue weighted by molar-refractivity contribution is 5.83. The molecule has 0 saturated heterocycles. The Hall–Kier alpha value is -2.33. The van der Waals surface area contributed by atoms with E-state index in [0.29, 0.717) is 0 Å². The maximum absolute atomic E-state index is 13.1. The van der Waals surface area contributed by atoms with Gasteiger partial charge in [0.25, 0.3) is 0 Å². The molecule has 0 saturated carbocycles. The van der Waals surface area contributed by atoms with Crippen LogP contribution in [0.15, 0.2) is 54.7 Å². The molecule has 1 aromatic heterocycles. The molecule has 1 heterocycles. The molecule has 0 atom stereocenters. The predicted molar refractivity (Wildman–Crippen MR) is 96.5 cm³/mol. The molecule has 0 unspecified atom stereocenters. The average molecular weight is 326 g/mol. The first kappa shape index (κ1) is 16.5. The van der Waals surface area contributed by atoms with Gasteiger partial charge >= 0.3 is 0 Å². The van der Waals surface area contributed by atoms with Crippen LogP contribution >= 0.6 is 0 Å². The Morgan fingerprint density at radius 1 is 1.04 bits per heavy atom. The van der Waals surface area contributed by atoms with Gasteiger partial charge in [0.05, 0.1) is 12.1 Å². The molecular formula is C20H23FN2O. The van der Waals surface area contributed by atoms with Gasteiger partial charge in [0.15, 0.2) is 0 Å². The SMILES string of the molecule is CCNCCCCOc1ccc2c(ccn2-c2ccc(F)cc2)c1. The van der Waals surface area contributed by atoms with Crippen molar-refractivity contribution in [3.05, 3.63) is 60.5 Å². The average Bonchev–Trinajstić information content (AvgIpc) is 3.02. The van der Waals surface area contributed by atoms with Gasteiger partial charge in [-0.2, -0.15) is 0 Å². The minimum absolute atomic E-state index is 0.222. The van der Waals surface area contributed by atoms with E-state index >= 15 is 0 Å². The summed E-state index contributed by atoms with van der Waals surface area (Å²) in [7, 11) is 0. The highest BCUT2D eigenvalue weighted by atomic mass is 19.1. The first-order chi connectivity index (χ1) is 11.8. The summed E-state index contributed by atoms with van der Waals surface area (Å²) in [6, 6.07) is 14.7. The molecule has 0 aliphatic heterocycles. The monoisotopic (exact) mass is 326 g/mol. The van der Waals surface area contributed by atoms with Crippen LogP contribution in [-0.2, 0) is 0 Å². The number of unbranched alkanes of at least 4 members (excludes halogenated alkanes) is 1. The molecule has 3 aromatic rings. The van der Waals surface area contributed by atoms with Gasteiger partial charge in [-0.1, -0.05) is 6.92 Å². The lowest BCUT2D eigenvalue weighted by atomic mass is 10.2. The van der Waals surface area contributed by atoms with Gasteiger partial charge in [-0.3, -0.25) is 0 Å². The standard InChI is InChI=1S/C20H23FN2O/c1-2-22-12-3-4-14-24-19-9-10-20-16(15-19)11-13-23(20)18-7-5-17(21)6-8-18/h5-11,13,15,22H,2-4,12,14H2,1H3. The summed E-state index contributed by atoms with van der Waals surface area (Å²) in [5, 5.41) is 4.43. The number of benzene rings is 2. The van der Waals surface area contributed by atoms with E-state index in [2.05, 4.69) is 28.9 Å². The summed E-state index contributed by atoms with van der Waals surface area (Å²) in [6.07, 6.45) is 4.16. The molecule has 1 N–H and O–H groups in total. The van der Waals surface area contributed by atoms with Crippen LogP contribution in [0, 0.1) is 5.82 Å². The maximum atomic E-state index is 13.1. The smallest absolute Gasteiger partial charge is 0.123 e. The quantitative estimate of drug-likeness (QED) is 0.615. The number of hydrogen-bond acceptors (Lipinski definition) is 2. The van der Waals surface area contributed by atoms with E-state index in [4.69, 9.17) is 4.74 Å². The van der Waals surface area contributed by atoms with E-state index in [1.54, 1.807) is 12.1 Å². The molecule has 0 aliphatic rings. The summed E-state index contributed by atoms with van der Waals surface area (Å²) in [4.78, 5) is 0. The Bertz CT molecular complexity index is 780. The van der Waals surface area contributed by atoms with E-state index in [9.17, 15) is 4.39 Å². The summed E-state index contributed by atoms with van der Waals surface area (Å²) in [5.74, 6) is 0.669. The van der Waals surface area contributed by atoms with E-state index in [0.717, 1.165) is 54.9 Å². The molecule has 0 radical (unpaired) electrons. The summed E-state index contributed by atoms with van der Waals surface area (Å²) in [6.45, 7) is 4.90. The Balaban J connectivity index is 1.66. The summed E-state index contributed by atoms with van der Waals surface area (Å²) >= 11 is 0. The molecule has 3 nitrogen and oxygen atoms in total. The highest BCUT2D eigenvalue weighted by Crippen LogP contribution is 2.25. The van der Waals surface area contributed by atoms with Crippen LogP contribution in [-0.4, -0.2) is 24.3 Å². The van der Waals surface area contributed by atoms with Gasteiger partial charge in [0.2, 0.25) is 0 Å². The van der Waals surface area contributed by atoms with Crippen LogP contribution in [0.4, 0.5) is 4.39 Å². The van der Waals surface area contributed by atoms with Gasteiger partial charge in [-0.25, -0.2) is 4.39 Å². The van der Waals surface area contributed by atoms with Crippen LogP contribution in [0.5, 0.6) is 5.75 Å². The third kappa shape index (κ3) is 3.95. The minimum Gasteiger partial charge on any atom is -0.494 e. The van der Waals surface area contributed by atoms with E-state index in [1.807, 2.05) is 18.3 Å². The third-order valence-electron chi connectivity index (χ3n) is 4.03. The molecule has 0 aliphatic carbocycles. The van der Waals surface area contributed by atoms with Crippen LogP contribution in [0.25, 0.3) is 16.6 Å². The zero-order chi connectivity index (χ0) is 16.8. The molecule has 24 heavy (non-hydrogen) atoms. The van der Waals surface area contributed by atoms with Crippen LogP contribution < -0.4 is 10.1 Å². The minimum atomic E-state index is -0.222. The Labute approximate surface area is 142 Å². The Morgan fingerprint density at radius 3 is 2.67 bits per heavy atom. The van der Waals surface area contributed by atoms with Gasteiger partial charge in [0, 0.05) is 17.3 Å². The lowest BCUT2D eigenvalue weighted by molar-refractivity contribution is 0.306. The van der Waals surface area contributed by atoms with Crippen LogP contribution in [0.2, 0.25) is 0 Å². The van der Waals surface area contributed by atoms with Crippen molar-refractivity contribution in [2.24, 2.45) is 0 Å². The number of aromatic nitrogens is 1. The number of halogens is 1. The van der Waals surface area contributed by atoms with Gasteiger partial charge in [-0.15, -0.1) is 0 Å². The zero-order valence-corrected chi connectivity index (χ0v) is 14.0. The fourth-order valence-electron chi connectivity index (χ4n) is 2.76. The van der Waals surface area contributed by atoms with Crippen molar-refractivity contribution in [3.63, 3.8) is 0 Å². The van der Waals surface area contributed by atoms with Crippen molar-refractivity contribution in [2.45, 2.75) is 19.8 Å². The van der Waals surface area contributed by atoms with Crippen LogP contribution in [0.1, 0.15) is 19.8 Å².